The van der Waals surface area contributed by atoms with E-state index in [4.69, 9.17) is 4.98 Å². The van der Waals surface area contributed by atoms with E-state index >= 15 is 0 Å². The van der Waals surface area contributed by atoms with Crippen LogP contribution < -0.4 is 0 Å². The zero-order valence-electron chi connectivity index (χ0n) is 13.4. The van der Waals surface area contributed by atoms with Gasteiger partial charge in [-0.3, -0.25) is 9.97 Å². The van der Waals surface area contributed by atoms with Crippen molar-refractivity contribution in [3.05, 3.63) is 65.1 Å². The number of aromatic nitrogens is 2. The fraction of sp³-hybridized carbons (Fsp3) is 0.300. The Morgan fingerprint density at radius 2 is 2.04 bits per heavy atom. The minimum Gasteiger partial charge on any atom is -0.263 e. The predicted octanol–water partition coefficient (Wildman–Crippen LogP) is 5.72. The lowest BCUT2D eigenvalue weighted by molar-refractivity contribution is 0.694. The van der Waals surface area contributed by atoms with Crippen molar-refractivity contribution < 1.29 is 0 Å². The van der Waals surface area contributed by atoms with Gasteiger partial charge in [0, 0.05) is 40.1 Å². The van der Waals surface area contributed by atoms with Gasteiger partial charge in [0.25, 0.3) is 0 Å². The van der Waals surface area contributed by atoms with Crippen LogP contribution >= 0.6 is 11.3 Å². The molecule has 0 aromatic carbocycles. The molecule has 0 N–H and O–H groups in total. The van der Waals surface area contributed by atoms with Crippen LogP contribution in [0.25, 0.3) is 15.7 Å². The van der Waals surface area contributed by atoms with Gasteiger partial charge in [0.05, 0.1) is 4.70 Å². The second-order valence-electron chi connectivity index (χ2n) is 6.35. The molecule has 1 aliphatic carbocycles. The summed E-state index contributed by atoms with van der Waals surface area (Å²) < 4.78 is 1.21. The molecule has 0 amide bonds. The molecule has 0 radical (unpaired) electrons. The molecule has 0 bridgehead atoms. The smallest absolute Gasteiger partial charge is 0.0532 e. The van der Waals surface area contributed by atoms with Crippen molar-refractivity contribution in [3.63, 3.8) is 0 Å². The largest absolute Gasteiger partial charge is 0.263 e. The van der Waals surface area contributed by atoms with E-state index in [1.807, 2.05) is 12.4 Å². The fourth-order valence-electron chi connectivity index (χ4n) is 3.51. The highest BCUT2D eigenvalue weighted by Crippen LogP contribution is 2.36. The van der Waals surface area contributed by atoms with Crippen molar-refractivity contribution in [2.75, 3.05) is 0 Å². The van der Waals surface area contributed by atoms with Gasteiger partial charge in [-0.15, -0.1) is 11.3 Å². The Morgan fingerprint density at radius 3 is 2.78 bits per heavy atom. The Morgan fingerprint density at radius 1 is 1.22 bits per heavy atom. The molecule has 0 aliphatic heterocycles. The molecule has 3 heterocycles. The summed E-state index contributed by atoms with van der Waals surface area (Å²) in [5.41, 5.74) is 4.58. The maximum Gasteiger partial charge on any atom is 0.0532 e. The van der Waals surface area contributed by atoms with Crippen LogP contribution in [0.15, 0.2) is 43.2 Å². The topological polar surface area (TPSA) is 25.8 Å². The second-order valence-corrected chi connectivity index (χ2v) is 7.44. The van der Waals surface area contributed by atoms with Crippen molar-refractivity contribution in [2.24, 2.45) is 0 Å². The molecule has 1 saturated carbocycles. The Labute approximate surface area is 140 Å². The van der Waals surface area contributed by atoms with Crippen molar-refractivity contribution in [3.8, 4) is 0 Å². The molecule has 1 aliphatic rings. The number of hydrogen-bond acceptors (Lipinski definition) is 3. The average Bonchev–Trinajstić information content (AvgIpc) is 3.23. The second kappa shape index (κ2) is 5.89. The van der Waals surface area contributed by atoms with E-state index in [9.17, 15) is 0 Å². The molecular weight excluding hydrogens is 300 g/mol. The van der Waals surface area contributed by atoms with Gasteiger partial charge >= 0.3 is 0 Å². The third-order valence-electron chi connectivity index (χ3n) is 4.83. The predicted molar refractivity (Wildman–Crippen MR) is 97.9 cm³/mol. The molecule has 3 aromatic rings. The van der Waals surface area contributed by atoms with E-state index in [-0.39, 0.29) is 0 Å². The van der Waals surface area contributed by atoms with Crippen LogP contribution in [0.5, 0.6) is 0 Å². The lowest BCUT2D eigenvalue weighted by Crippen LogP contribution is -2.00. The SMILES string of the molecule is C=C(c1cc2ccncc2s1)c1ccc(C2CCCC2)nc1C. The van der Waals surface area contributed by atoms with Gasteiger partial charge in [-0.25, -0.2) is 0 Å². The number of fused-ring (bicyclic) bond motifs is 1. The van der Waals surface area contributed by atoms with Gasteiger partial charge in [0.1, 0.15) is 0 Å². The summed E-state index contributed by atoms with van der Waals surface area (Å²) in [6, 6.07) is 8.67. The van der Waals surface area contributed by atoms with E-state index in [0.29, 0.717) is 5.92 Å². The first-order valence-corrected chi connectivity index (χ1v) is 9.05. The van der Waals surface area contributed by atoms with Crippen LogP contribution in [0.4, 0.5) is 0 Å². The lowest BCUT2D eigenvalue weighted by Gasteiger charge is -2.13. The van der Waals surface area contributed by atoms with Gasteiger partial charge in [0.15, 0.2) is 0 Å². The summed E-state index contributed by atoms with van der Waals surface area (Å²) >= 11 is 1.75. The minimum absolute atomic E-state index is 0.659. The maximum atomic E-state index is 4.89. The zero-order chi connectivity index (χ0) is 15.8. The molecule has 0 saturated heterocycles. The van der Waals surface area contributed by atoms with Crippen LogP contribution in [0.3, 0.4) is 0 Å². The normalized spacial score (nSPS) is 15.3. The Balaban J connectivity index is 1.67. The van der Waals surface area contributed by atoms with Crippen molar-refractivity contribution in [2.45, 2.75) is 38.5 Å². The molecule has 2 nitrogen and oxygen atoms in total. The monoisotopic (exact) mass is 320 g/mol. The van der Waals surface area contributed by atoms with Gasteiger partial charge in [-0.05, 0) is 48.9 Å². The summed E-state index contributed by atoms with van der Waals surface area (Å²) in [6.07, 6.45) is 9.02. The first-order chi connectivity index (χ1) is 11.2. The first kappa shape index (κ1) is 14.6. The van der Waals surface area contributed by atoms with Crippen LogP contribution in [-0.2, 0) is 0 Å². The molecule has 1 fully saturated rings. The molecule has 3 aromatic heterocycles. The van der Waals surface area contributed by atoms with Gasteiger partial charge in [-0.1, -0.05) is 25.5 Å². The summed E-state index contributed by atoms with van der Waals surface area (Å²) in [4.78, 5) is 10.3. The van der Waals surface area contributed by atoms with Crippen molar-refractivity contribution in [1.29, 1.82) is 0 Å². The van der Waals surface area contributed by atoms with E-state index in [1.165, 1.54) is 46.3 Å². The minimum atomic E-state index is 0.659. The van der Waals surface area contributed by atoms with E-state index in [2.05, 4.69) is 42.8 Å². The standard InChI is InChI=1S/C20H20N2S/c1-13(19-11-16-9-10-21-12-20(16)23-19)17-7-8-18(22-14(17)2)15-5-3-4-6-15/h7-12,15H,1,3-6H2,2H3. The molecule has 0 unspecified atom stereocenters. The highest BCUT2D eigenvalue weighted by atomic mass is 32.1. The number of hydrogen-bond donors (Lipinski definition) is 0. The number of thiophene rings is 1. The molecular formula is C20H20N2S. The Bertz CT molecular complexity index is 839. The van der Waals surface area contributed by atoms with Crippen LogP contribution in [0.2, 0.25) is 0 Å². The van der Waals surface area contributed by atoms with Gasteiger partial charge < -0.3 is 0 Å². The van der Waals surface area contributed by atoms with E-state index < -0.39 is 0 Å². The Kier molecular flexibility index (Phi) is 3.74. The molecule has 23 heavy (non-hydrogen) atoms. The number of aryl methyl sites for hydroxylation is 1. The lowest BCUT2D eigenvalue weighted by atomic mass is 9.99. The molecule has 116 valence electrons. The van der Waals surface area contributed by atoms with Crippen LogP contribution in [-0.4, -0.2) is 9.97 Å². The molecule has 0 atom stereocenters. The van der Waals surface area contributed by atoms with Crippen LogP contribution in [0.1, 0.15) is 53.4 Å². The number of pyridine rings is 2. The third kappa shape index (κ3) is 2.70. The van der Waals surface area contributed by atoms with E-state index in [1.54, 1.807) is 11.3 Å². The summed E-state index contributed by atoms with van der Waals surface area (Å²) in [5, 5.41) is 1.23. The maximum absolute atomic E-state index is 4.89. The quantitative estimate of drug-likeness (QED) is 0.617. The molecule has 4 rings (SSSR count). The zero-order valence-corrected chi connectivity index (χ0v) is 14.2. The molecule has 0 spiro atoms. The summed E-state index contributed by atoms with van der Waals surface area (Å²) in [6.45, 7) is 6.43. The number of nitrogens with zero attached hydrogens (tertiary/aromatic N) is 2. The highest BCUT2D eigenvalue weighted by Gasteiger charge is 2.19. The number of rotatable bonds is 3. The fourth-order valence-corrected chi connectivity index (χ4v) is 4.53. The average molecular weight is 320 g/mol. The highest BCUT2D eigenvalue weighted by molar-refractivity contribution is 7.20. The Hall–Kier alpha value is -2.00. The summed E-state index contributed by atoms with van der Waals surface area (Å²) in [5.74, 6) is 0.659. The van der Waals surface area contributed by atoms with E-state index in [0.717, 1.165) is 16.8 Å². The third-order valence-corrected chi connectivity index (χ3v) is 5.97. The van der Waals surface area contributed by atoms with Crippen molar-refractivity contribution in [1.82, 2.24) is 9.97 Å². The van der Waals surface area contributed by atoms with Crippen LogP contribution in [0, 0.1) is 6.92 Å². The van der Waals surface area contributed by atoms with Gasteiger partial charge in [-0.2, -0.15) is 0 Å². The first-order valence-electron chi connectivity index (χ1n) is 8.23. The van der Waals surface area contributed by atoms with Crippen molar-refractivity contribution >= 4 is 27.0 Å². The molecule has 3 heteroatoms. The summed E-state index contributed by atoms with van der Waals surface area (Å²) in [7, 11) is 0. The van der Waals surface area contributed by atoms with Gasteiger partial charge in [0.2, 0.25) is 0 Å².